The Hall–Kier alpha value is -0.870. The molecule has 1 heterocycles. The van der Waals surface area contributed by atoms with E-state index in [4.69, 9.17) is 4.74 Å². The summed E-state index contributed by atoms with van der Waals surface area (Å²) in [6.07, 6.45) is 6.61. The van der Waals surface area contributed by atoms with Crippen LogP contribution in [0.25, 0.3) is 0 Å². The molecule has 1 atom stereocenters. The Morgan fingerprint density at radius 1 is 1.35 bits per heavy atom. The molecule has 0 saturated heterocycles. The summed E-state index contributed by atoms with van der Waals surface area (Å²) in [6.45, 7) is 5.05. The van der Waals surface area contributed by atoms with Crippen LogP contribution < -0.4 is 0 Å². The minimum Gasteiger partial charge on any atom is -0.390 e. The van der Waals surface area contributed by atoms with Crippen LogP contribution in [0.2, 0.25) is 0 Å². The van der Waals surface area contributed by atoms with Crippen LogP contribution in [0.1, 0.15) is 57.3 Å². The van der Waals surface area contributed by atoms with Crippen molar-refractivity contribution in [3.8, 4) is 0 Å². The van der Waals surface area contributed by atoms with E-state index in [2.05, 4.69) is 25.0 Å². The number of aliphatic hydroxyl groups excluding tert-OH is 1. The van der Waals surface area contributed by atoms with Crippen LogP contribution in [0, 0.1) is 0 Å². The topological polar surface area (TPSA) is 47.3 Å². The standard InChI is InChI=1S/C16H28N2O2/c1-4-13-11-14(18(5-2)17-13)12-15(19)16(20-3)9-7-6-8-10-16/h11,15,19H,4-10,12H2,1-3H3. The number of nitrogens with zero attached hydrogens (tertiary/aromatic N) is 2. The molecule has 4 heteroatoms. The van der Waals surface area contributed by atoms with Crippen LogP contribution in [0.3, 0.4) is 0 Å². The number of rotatable bonds is 6. The average molecular weight is 280 g/mol. The van der Waals surface area contributed by atoms with Crippen molar-refractivity contribution in [2.45, 2.75) is 77.0 Å². The van der Waals surface area contributed by atoms with Crippen LogP contribution in [0.15, 0.2) is 6.07 Å². The number of aromatic nitrogens is 2. The number of aryl methyl sites for hydroxylation is 2. The molecule has 0 radical (unpaired) electrons. The molecule has 2 rings (SSSR count). The maximum Gasteiger partial charge on any atom is 0.0940 e. The van der Waals surface area contributed by atoms with Gasteiger partial charge in [-0.2, -0.15) is 5.10 Å². The minimum atomic E-state index is -0.445. The van der Waals surface area contributed by atoms with E-state index in [9.17, 15) is 5.11 Å². The number of aliphatic hydroxyl groups is 1. The van der Waals surface area contributed by atoms with Gasteiger partial charge in [-0.25, -0.2) is 0 Å². The highest BCUT2D eigenvalue weighted by molar-refractivity contribution is 5.13. The number of ether oxygens (including phenoxy) is 1. The third-order valence-electron chi connectivity index (χ3n) is 4.69. The maximum atomic E-state index is 10.7. The van der Waals surface area contributed by atoms with Gasteiger partial charge in [0, 0.05) is 25.8 Å². The van der Waals surface area contributed by atoms with E-state index < -0.39 is 6.10 Å². The lowest BCUT2D eigenvalue weighted by atomic mass is 9.79. The number of hydrogen-bond donors (Lipinski definition) is 1. The van der Waals surface area contributed by atoms with Crippen LogP contribution >= 0.6 is 0 Å². The molecule has 0 bridgehead atoms. The molecule has 1 aromatic heterocycles. The highest BCUT2D eigenvalue weighted by Gasteiger charge is 2.39. The number of methoxy groups -OCH3 is 1. The Kier molecular flexibility index (Phi) is 5.22. The predicted octanol–water partition coefficient (Wildman–Crippen LogP) is 2.72. The van der Waals surface area contributed by atoms with Gasteiger partial charge in [-0.1, -0.05) is 26.2 Å². The first-order valence-corrected chi connectivity index (χ1v) is 7.94. The summed E-state index contributed by atoms with van der Waals surface area (Å²) in [7, 11) is 1.74. The molecule has 1 N–H and O–H groups in total. The normalized spacial score (nSPS) is 20.0. The van der Waals surface area contributed by atoms with Crippen molar-refractivity contribution >= 4 is 0 Å². The largest absolute Gasteiger partial charge is 0.390 e. The van der Waals surface area contributed by atoms with Gasteiger partial charge in [0.2, 0.25) is 0 Å². The van der Waals surface area contributed by atoms with Gasteiger partial charge in [0.05, 0.1) is 17.4 Å². The van der Waals surface area contributed by atoms with E-state index in [1.165, 1.54) is 6.42 Å². The van der Waals surface area contributed by atoms with Crippen molar-refractivity contribution in [3.05, 3.63) is 17.5 Å². The van der Waals surface area contributed by atoms with E-state index in [1.807, 2.05) is 4.68 Å². The fourth-order valence-corrected chi connectivity index (χ4v) is 3.33. The molecule has 0 amide bonds. The summed E-state index contributed by atoms with van der Waals surface area (Å²) in [5.74, 6) is 0. The Morgan fingerprint density at radius 2 is 2.05 bits per heavy atom. The molecule has 0 aromatic carbocycles. The molecule has 20 heavy (non-hydrogen) atoms. The van der Waals surface area contributed by atoms with Gasteiger partial charge < -0.3 is 9.84 Å². The smallest absolute Gasteiger partial charge is 0.0940 e. The first-order valence-electron chi connectivity index (χ1n) is 7.94. The fourth-order valence-electron chi connectivity index (χ4n) is 3.33. The highest BCUT2D eigenvalue weighted by atomic mass is 16.5. The van der Waals surface area contributed by atoms with Gasteiger partial charge in [0.15, 0.2) is 0 Å². The summed E-state index contributed by atoms with van der Waals surface area (Å²) < 4.78 is 7.75. The van der Waals surface area contributed by atoms with Gasteiger partial charge in [0.25, 0.3) is 0 Å². The Bertz CT molecular complexity index is 422. The molecule has 1 aliphatic carbocycles. The molecule has 4 nitrogen and oxygen atoms in total. The van der Waals surface area contributed by atoms with Crippen molar-refractivity contribution in [3.63, 3.8) is 0 Å². The molecule has 0 aliphatic heterocycles. The summed E-state index contributed by atoms with van der Waals surface area (Å²) in [6, 6.07) is 2.12. The zero-order valence-electron chi connectivity index (χ0n) is 13.1. The Morgan fingerprint density at radius 3 is 2.60 bits per heavy atom. The lowest BCUT2D eigenvalue weighted by Gasteiger charge is -2.40. The first kappa shape index (κ1) is 15.5. The van der Waals surface area contributed by atoms with Crippen molar-refractivity contribution in [1.82, 2.24) is 9.78 Å². The molecule has 0 spiro atoms. The van der Waals surface area contributed by atoms with E-state index >= 15 is 0 Å². The quantitative estimate of drug-likeness (QED) is 0.871. The van der Waals surface area contributed by atoms with E-state index in [0.29, 0.717) is 6.42 Å². The van der Waals surface area contributed by atoms with Gasteiger partial charge in [-0.3, -0.25) is 4.68 Å². The molecule has 1 fully saturated rings. The second-order valence-corrected chi connectivity index (χ2v) is 5.85. The van der Waals surface area contributed by atoms with Gasteiger partial charge in [0.1, 0.15) is 0 Å². The second kappa shape index (κ2) is 6.72. The van der Waals surface area contributed by atoms with Gasteiger partial charge in [-0.15, -0.1) is 0 Å². The van der Waals surface area contributed by atoms with Gasteiger partial charge >= 0.3 is 0 Å². The SMILES string of the molecule is CCc1cc(CC(O)C2(OC)CCCCC2)n(CC)n1. The molecule has 1 aliphatic rings. The first-order chi connectivity index (χ1) is 9.65. The predicted molar refractivity (Wildman–Crippen MR) is 79.8 cm³/mol. The fraction of sp³-hybridized carbons (Fsp3) is 0.812. The van der Waals surface area contributed by atoms with Crippen molar-refractivity contribution in [2.24, 2.45) is 0 Å². The van der Waals surface area contributed by atoms with E-state index in [0.717, 1.165) is 50.0 Å². The van der Waals surface area contributed by atoms with Crippen LogP contribution in [0.4, 0.5) is 0 Å². The number of hydrogen-bond acceptors (Lipinski definition) is 3. The van der Waals surface area contributed by atoms with Crippen molar-refractivity contribution in [2.75, 3.05) is 7.11 Å². The highest BCUT2D eigenvalue weighted by Crippen LogP contribution is 2.35. The van der Waals surface area contributed by atoms with Crippen molar-refractivity contribution < 1.29 is 9.84 Å². The third kappa shape index (κ3) is 3.07. The maximum absolute atomic E-state index is 10.7. The lowest BCUT2D eigenvalue weighted by molar-refractivity contribution is -0.122. The second-order valence-electron chi connectivity index (χ2n) is 5.85. The molecule has 1 saturated carbocycles. The zero-order chi connectivity index (χ0) is 14.6. The Balaban J connectivity index is 2.13. The zero-order valence-corrected chi connectivity index (χ0v) is 13.1. The molecule has 1 aromatic rings. The summed E-state index contributed by atoms with van der Waals surface area (Å²) >= 11 is 0. The molecular formula is C16H28N2O2. The van der Waals surface area contributed by atoms with Crippen LogP contribution in [-0.4, -0.2) is 33.7 Å². The summed E-state index contributed by atoms with van der Waals surface area (Å²) in [5.41, 5.74) is 1.87. The van der Waals surface area contributed by atoms with E-state index in [-0.39, 0.29) is 5.60 Å². The lowest BCUT2D eigenvalue weighted by Crippen LogP contribution is -2.47. The van der Waals surface area contributed by atoms with Gasteiger partial charge in [-0.05, 0) is 32.3 Å². The van der Waals surface area contributed by atoms with E-state index in [1.54, 1.807) is 7.11 Å². The van der Waals surface area contributed by atoms with Crippen molar-refractivity contribution in [1.29, 1.82) is 0 Å². The summed E-state index contributed by atoms with van der Waals surface area (Å²) in [5, 5.41) is 15.3. The van der Waals surface area contributed by atoms with Crippen LogP contribution in [0.5, 0.6) is 0 Å². The minimum absolute atomic E-state index is 0.354. The third-order valence-corrected chi connectivity index (χ3v) is 4.69. The monoisotopic (exact) mass is 280 g/mol. The molecule has 114 valence electrons. The summed E-state index contributed by atoms with van der Waals surface area (Å²) in [4.78, 5) is 0. The molecular weight excluding hydrogens is 252 g/mol. The Labute approximate surface area is 122 Å². The van der Waals surface area contributed by atoms with Crippen LogP contribution in [-0.2, 0) is 24.1 Å². The average Bonchev–Trinajstić information content (AvgIpc) is 2.90. The molecule has 1 unspecified atom stereocenters.